The van der Waals surface area contributed by atoms with Gasteiger partial charge in [0.1, 0.15) is 5.69 Å². The summed E-state index contributed by atoms with van der Waals surface area (Å²) in [5, 5.41) is 0.539. The number of aromatic nitrogens is 1. The molecule has 1 saturated carbocycles. The maximum atomic E-state index is 12.2. The number of nitrogens with zero attached hydrogens (tertiary/aromatic N) is 1. The summed E-state index contributed by atoms with van der Waals surface area (Å²) >= 11 is 5.77. The zero-order valence-electron chi connectivity index (χ0n) is 10.5. The molecule has 0 N–H and O–H groups in total. The van der Waals surface area contributed by atoms with Crippen LogP contribution < -0.4 is 0 Å². The Kier molecular flexibility index (Phi) is 3.34. The molecule has 96 valence electrons. The Morgan fingerprint density at radius 1 is 1.11 bits per heavy atom. The highest BCUT2D eigenvalue weighted by Crippen LogP contribution is 2.36. The number of carbonyl (C=O) groups is 1. The van der Waals surface area contributed by atoms with Crippen LogP contribution in [-0.2, 0) is 0 Å². The first-order valence-electron chi connectivity index (χ1n) is 6.50. The van der Waals surface area contributed by atoms with E-state index in [1.54, 1.807) is 12.1 Å². The van der Waals surface area contributed by atoms with Gasteiger partial charge in [-0.1, -0.05) is 42.3 Å². The lowest BCUT2D eigenvalue weighted by atomic mass is 9.80. The zero-order valence-corrected chi connectivity index (χ0v) is 11.2. The molecular formula is C16H14ClNO. The van der Waals surface area contributed by atoms with E-state index in [1.807, 2.05) is 12.1 Å². The van der Waals surface area contributed by atoms with E-state index in [-0.39, 0.29) is 5.78 Å². The molecule has 1 aliphatic rings. The van der Waals surface area contributed by atoms with Crippen LogP contribution in [0.2, 0.25) is 5.02 Å². The fraction of sp³-hybridized carbons (Fsp3) is 0.250. The number of pyridine rings is 1. The standard InChI is InChI=1S/C16H14ClNO/c17-14-8-9-15(18-10-14)16(19)13-6-4-12(5-7-13)11-2-1-3-11/h4-11H,1-3H2. The van der Waals surface area contributed by atoms with Gasteiger partial charge < -0.3 is 0 Å². The first kappa shape index (κ1) is 12.4. The number of halogens is 1. The number of benzene rings is 1. The van der Waals surface area contributed by atoms with Gasteiger partial charge in [-0.25, -0.2) is 0 Å². The summed E-state index contributed by atoms with van der Waals surface area (Å²) < 4.78 is 0. The summed E-state index contributed by atoms with van der Waals surface area (Å²) in [5.41, 5.74) is 2.45. The van der Waals surface area contributed by atoms with Gasteiger partial charge in [0.05, 0.1) is 5.02 Å². The molecular weight excluding hydrogens is 258 g/mol. The van der Waals surface area contributed by atoms with Crippen molar-refractivity contribution in [3.05, 3.63) is 64.4 Å². The second-order valence-electron chi connectivity index (χ2n) is 4.94. The Balaban J connectivity index is 1.81. The van der Waals surface area contributed by atoms with Crippen LogP contribution in [0.1, 0.15) is 46.8 Å². The monoisotopic (exact) mass is 271 g/mol. The van der Waals surface area contributed by atoms with Gasteiger partial charge in [0.15, 0.2) is 0 Å². The third-order valence-corrected chi connectivity index (χ3v) is 3.93. The average molecular weight is 272 g/mol. The summed E-state index contributed by atoms with van der Waals surface area (Å²) in [4.78, 5) is 16.3. The van der Waals surface area contributed by atoms with E-state index >= 15 is 0 Å². The second-order valence-corrected chi connectivity index (χ2v) is 5.38. The molecule has 3 heteroatoms. The van der Waals surface area contributed by atoms with Crippen LogP contribution in [0.25, 0.3) is 0 Å². The quantitative estimate of drug-likeness (QED) is 0.782. The SMILES string of the molecule is O=C(c1ccc(C2CCC2)cc1)c1ccc(Cl)cn1. The molecule has 0 bridgehead atoms. The molecule has 1 aromatic carbocycles. The highest BCUT2D eigenvalue weighted by atomic mass is 35.5. The van der Waals surface area contributed by atoms with Crippen molar-refractivity contribution < 1.29 is 4.79 Å². The molecule has 1 aliphatic carbocycles. The average Bonchev–Trinajstić information content (AvgIpc) is 2.38. The van der Waals surface area contributed by atoms with Crippen molar-refractivity contribution in [3.8, 4) is 0 Å². The van der Waals surface area contributed by atoms with Crippen molar-refractivity contribution in [2.24, 2.45) is 0 Å². The number of hydrogen-bond donors (Lipinski definition) is 0. The smallest absolute Gasteiger partial charge is 0.211 e. The lowest BCUT2D eigenvalue weighted by Gasteiger charge is -2.25. The Bertz CT molecular complexity index is 585. The van der Waals surface area contributed by atoms with E-state index in [4.69, 9.17) is 11.6 Å². The van der Waals surface area contributed by atoms with Gasteiger partial charge in [-0.05, 0) is 36.5 Å². The molecule has 0 aliphatic heterocycles. The van der Waals surface area contributed by atoms with Crippen molar-refractivity contribution in [2.75, 3.05) is 0 Å². The topological polar surface area (TPSA) is 30.0 Å². The minimum atomic E-state index is -0.0585. The van der Waals surface area contributed by atoms with Crippen molar-refractivity contribution in [1.82, 2.24) is 4.98 Å². The predicted octanol–water partition coefficient (Wildman–Crippen LogP) is 4.23. The van der Waals surface area contributed by atoms with Gasteiger partial charge in [-0.2, -0.15) is 0 Å². The molecule has 3 rings (SSSR count). The second kappa shape index (κ2) is 5.14. The number of carbonyl (C=O) groups excluding carboxylic acids is 1. The molecule has 0 saturated heterocycles. The van der Waals surface area contributed by atoms with Crippen molar-refractivity contribution >= 4 is 17.4 Å². The Labute approximate surface area is 117 Å². The maximum absolute atomic E-state index is 12.2. The van der Waals surface area contributed by atoms with E-state index in [1.165, 1.54) is 31.0 Å². The third kappa shape index (κ3) is 2.54. The summed E-state index contributed by atoms with van der Waals surface area (Å²) in [6, 6.07) is 11.3. The molecule has 2 aromatic rings. The molecule has 0 radical (unpaired) electrons. The number of ketones is 1. The molecule has 1 heterocycles. The van der Waals surface area contributed by atoms with Crippen molar-refractivity contribution in [1.29, 1.82) is 0 Å². The van der Waals surface area contributed by atoms with Crippen LogP contribution >= 0.6 is 11.6 Å². The molecule has 19 heavy (non-hydrogen) atoms. The summed E-state index contributed by atoms with van der Waals surface area (Å²) in [6.07, 6.45) is 5.36. The van der Waals surface area contributed by atoms with E-state index in [0.29, 0.717) is 22.2 Å². The summed E-state index contributed by atoms with van der Waals surface area (Å²) in [5.74, 6) is 0.634. The third-order valence-electron chi connectivity index (χ3n) is 3.71. The normalized spacial score (nSPS) is 15.0. The Morgan fingerprint density at radius 2 is 1.84 bits per heavy atom. The minimum absolute atomic E-state index is 0.0585. The van der Waals surface area contributed by atoms with Crippen LogP contribution in [0.15, 0.2) is 42.6 Å². The van der Waals surface area contributed by atoms with Gasteiger partial charge >= 0.3 is 0 Å². The zero-order chi connectivity index (χ0) is 13.2. The summed E-state index contributed by atoms with van der Waals surface area (Å²) in [7, 11) is 0. The van der Waals surface area contributed by atoms with Crippen LogP contribution in [0.5, 0.6) is 0 Å². The Hall–Kier alpha value is -1.67. The molecule has 0 unspecified atom stereocenters. The molecule has 1 fully saturated rings. The van der Waals surface area contributed by atoms with E-state index < -0.39 is 0 Å². The fourth-order valence-electron chi connectivity index (χ4n) is 2.31. The van der Waals surface area contributed by atoms with Crippen LogP contribution in [0.3, 0.4) is 0 Å². The van der Waals surface area contributed by atoms with Crippen molar-refractivity contribution in [3.63, 3.8) is 0 Å². The first-order chi connectivity index (χ1) is 9.24. The largest absolute Gasteiger partial charge is 0.287 e. The van der Waals surface area contributed by atoms with Crippen molar-refractivity contribution in [2.45, 2.75) is 25.2 Å². The van der Waals surface area contributed by atoms with E-state index in [2.05, 4.69) is 17.1 Å². The van der Waals surface area contributed by atoms with Gasteiger partial charge in [0, 0.05) is 11.8 Å². The van der Waals surface area contributed by atoms with Crippen LogP contribution in [0, 0.1) is 0 Å². The first-order valence-corrected chi connectivity index (χ1v) is 6.88. The Morgan fingerprint density at radius 3 is 2.37 bits per heavy atom. The van der Waals surface area contributed by atoms with Crippen LogP contribution in [-0.4, -0.2) is 10.8 Å². The van der Waals surface area contributed by atoms with Gasteiger partial charge in [0.25, 0.3) is 0 Å². The van der Waals surface area contributed by atoms with E-state index in [0.717, 1.165) is 0 Å². The van der Waals surface area contributed by atoms with Gasteiger partial charge in [-0.15, -0.1) is 0 Å². The van der Waals surface area contributed by atoms with Gasteiger partial charge in [0.2, 0.25) is 5.78 Å². The molecule has 0 amide bonds. The molecule has 0 atom stereocenters. The summed E-state index contributed by atoms with van der Waals surface area (Å²) in [6.45, 7) is 0. The highest BCUT2D eigenvalue weighted by Gasteiger charge is 2.19. The maximum Gasteiger partial charge on any atom is 0.211 e. The van der Waals surface area contributed by atoms with E-state index in [9.17, 15) is 4.79 Å². The lowest BCUT2D eigenvalue weighted by molar-refractivity contribution is 0.103. The lowest BCUT2D eigenvalue weighted by Crippen LogP contribution is -2.09. The fourth-order valence-corrected chi connectivity index (χ4v) is 2.42. The highest BCUT2D eigenvalue weighted by molar-refractivity contribution is 6.30. The number of rotatable bonds is 3. The predicted molar refractivity (Wildman–Crippen MR) is 75.7 cm³/mol. The van der Waals surface area contributed by atoms with Crippen LogP contribution in [0.4, 0.5) is 0 Å². The van der Waals surface area contributed by atoms with Gasteiger partial charge in [-0.3, -0.25) is 9.78 Å². The number of hydrogen-bond acceptors (Lipinski definition) is 2. The molecule has 2 nitrogen and oxygen atoms in total. The molecule has 1 aromatic heterocycles. The molecule has 0 spiro atoms. The minimum Gasteiger partial charge on any atom is -0.287 e.